The van der Waals surface area contributed by atoms with Crippen LogP contribution in [0.3, 0.4) is 0 Å². The summed E-state index contributed by atoms with van der Waals surface area (Å²) in [6.45, 7) is 2.57. The van der Waals surface area contributed by atoms with Crippen LogP contribution in [0.1, 0.15) is 25.5 Å². The molecule has 1 rings (SSSR count). The first-order chi connectivity index (χ1) is 8.60. The van der Waals surface area contributed by atoms with Gasteiger partial charge in [0, 0.05) is 19.3 Å². The van der Waals surface area contributed by atoms with Gasteiger partial charge in [-0.3, -0.25) is 4.98 Å². The van der Waals surface area contributed by atoms with Crippen LogP contribution in [0.25, 0.3) is 0 Å². The minimum absolute atomic E-state index is 0.0296. The van der Waals surface area contributed by atoms with Gasteiger partial charge in [0.05, 0.1) is 18.0 Å². The molecule has 0 saturated carbocycles. The van der Waals surface area contributed by atoms with Crippen LogP contribution in [0.4, 0.5) is 0 Å². The van der Waals surface area contributed by atoms with Crippen molar-refractivity contribution in [3.63, 3.8) is 0 Å². The second-order valence-electron chi connectivity index (χ2n) is 3.99. The molecule has 1 aromatic rings. The van der Waals surface area contributed by atoms with E-state index in [-0.39, 0.29) is 12.4 Å². The third-order valence-electron chi connectivity index (χ3n) is 2.62. The zero-order valence-corrected chi connectivity index (χ0v) is 11.4. The molecule has 0 bridgehead atoms. The van der Waals surface area contributed by atoms with Crippen molar-refractivity contribution >= 4 is 10.0 Å². The van der Waals surface area contributed by atoms with Crippen LogP contribution in [0.15, 0.2) is 24.4 Å². The molecule has 0 spiro atoms. The summed E-state index contributed by atoms with van der Waals surface area (Å²) in [5.74, 6) is 0.0776. The molecule has 0 radical (unpaired) electrons. The lowest BCUT2D eigenvalue weighted by Crippen LogP contribution is -2.32. The van der Waals surface area contributed by atoms with Crippen LogP contribution >= 0.6 is 0 Å². The molecule has 18 heavy (non-hydrogen) atoms. The summed E-state index contributed by atoms with van der Waals surface area (Å²) >= 11 is 0. The molecule has 6 heteroatoms. The van der Waals surface area contributed by atoms with Gasteiger partial charge >= 0.3 is 0 Å². The average Bonchev–Trinajstić information content (AvgIpc) is 2.37. The van der Waals surface area contributed by atoms with Crippen molar-refractivity contribution in [3.05, 3.63) is 30.1 Å². The Labute approximate surface area is 109 Å². The third kappa shape index (κ3) is 4.72. The van der Waals surface area contributed by atoms with Crippen LogP contribution in [0.5, 0.6) is 0 Å². The first kappa shape index (κ1) is 15.1. The second kappa shape index (κ2) is 7.45. The molecular weight excluding hydrogens is 252 g/mol. The fourth-order valence-corrected chi connectivity index (χ4v) is 3.15. The number of nitrogens with zero attached hydrogens (tertiary/aromatic N) is 2. The van der Waals surface area contributed by atoms with Gasteiger partial charge in [0.2, 0.25) is 10.0 Å². The zero-order chi connectivity index (χ0) is 13.4. The molecule has 0 atom stereocenters. The Balaban J connectivity index is 2.65. The van der Waals surface area contributed by atoms with Crippen molar-refractivity contribution in [1.29, 1.82) is 0 Å². The second-order valence-corrected chi connectivity index (χ2v) is 6.08. The SMILES string of the molecule is CCN(Cc1ccccn1)S(=O)(=O)CCCCO. The standard InChI is InChI=1S/C12H20N2O3S/c1-2-14(11-12-7-3-4-8-13-12)18(16,17)10-6-5-9-15/h3-4,7-8,15H,2,5-6,9-11H2,1H3. The number of aliphatic hydroxyl groups excluding tert-OH is 1. The highest BCUT2D eigenvalue weighted by atomic mass is 32.2. The zero-order valence-electron chi connectivity index (χ0n) is 10.6. The summed E-state index contributed by atoms with van der Waals surface area (Å²) in [4.78, 5) is 4.13. The maximum absolute atomic E-state index is 12.1. The van der Waals surface area contributed by atoms with Crippen molar-refractivity contribution in [3.8, 4) is 0 Å². The van der Waals surface area contributed by atoms with Crippen molar-refractivity contribution in [2.45, 2.75) is 26.3 Å². The molecule has 1 heterocycles. The van der Waals surface area contributed by atoms with Gasteiger partial charge in [-0.15, -0.1) is 0 Å². The smallest absolute Gasteiger partial charge is 0.214 e. The number of aromatic nitrogens is 1. The highest BCUT2D eigenvalue weighted by Gasteiger charge is 2.20. The van der Waals surface area contributed by atoms with E-state index in [1.54, 1.807) is 12.3 Å². The molecular formula is C12H20N2O3S. The first-order valence-electron chi connectivity index (χ1n) is 6.08. The van der Waals surface area contributed by atoms with Crippen molar-refractivity contribution in [2.75, 3.05) is 18.9 Å². The lowest BCUT2D eigenvalue weighted by molar-refractivity contribution is 0.286. The summed E-state index contributed by atoms with van der Waals surface area (Å²) in [5, 5.41) is 8.68. The molecule has 0 aromatic carbocycles. The van der Waals surface area contributed by atoms with Crippen molar-refractivity contribution in [1.82, 2.24) is 9.29 Å². The van der Waals surface area contributed by atoms with Gasteiger partial charge in [-0.1, -0.05) is 13.0 Å². The number of rotatable bonds is 8. The summed E-state index contributed by atoms with van der Waals surface area (Å²) < 4.78 is 25.5. The number of unbranched alkanes of at least 4 members (excludes halogenated alkanes) is 1. The molecule has 102 valence electrons. The van der Waals surface area contributed by atoms with Gasteiger partial charge in [-0.2, -0.15) is 4.31 Å². The van der Waals surface area contributed by atoms with Gasteiger partial charge < -0.3 is 5.11 Å². The first-order valence-corrected chi connectivity index (χ1v) is 7.69. The summed E-state index contributed by atoms with van der Waals surface area (Å²) in [6.07, 6.45) is 2.65. The highest BCUT2D eigenvalue weighted by Crippen LogP contribution is 2.09. The van der Waals surface area contributed by atoms with Crippen LogP contribution in [-0.2, 0) is 16.6 Å². The van der Waals surface area contributed by atoms with Gasteiger partial charge in [0.1, 0.15) is 0 Å². The van der Waals surface area contributed by atoms with Gasteiger partial charge in [0.25, 0.3) is 0 Å². The molecule has 0 aliphatic heterocycles. The van der Waals surface area contributed by atoms with E-state index in [9.17, 15) is 8.42 Å². The molecule has 0 unspecified atom stereocenters. The van der Waals surface area contributed by atoms with Gasteiger partial charge in [-0.05, 0) is 25.0 Å². The molecule has 1 N–H and O–H groups in total. The van der Waals surface area contributed by atoms with Crippen LogP contribution in [-0.4, -0.2) is 41.7 Å². The Bertz CT molecular complexity index is 434. The fraction of sp³-hybridized carbons (Fsp3) is 0.583. The highest BCUT2D eigenvalue weighted by molar-refractivity contribution is 7.89. The summed E-state index contributed by atoms with van der Waals surface area (Å²) in [6, 6.07) is 5.45. The van der Waals surface area contributed by atoms with E-state index < -0.39 is 10.0 Å². The van der Waals surface area contributed by atoms with E-state index >= 15 is 0 Å². The van der Waals surface area contributed by atoms with Gasteiger partial charge in [-0.25, -0.2) is 8.42 Å². The summed E-state index contributed by atoms with van der Waals surface area (Å²) in [7, 11) is -3.26. The summed E-state index contributed by atoms with van der Waals surface area (Å²) in [5.41, 5.74) is 0.741. The van der Waals surface area contributed by atoms with Crippen LogP contribution in [0.2, 0.25) is 0 Å². The maximum atomic E-state index is 12.1. The predicted molar refractivity (Wildman–Crippen MR) is 70.4 cm³/mol. The van der Waals surface area contributed by atoms with E-state index in [0.29, 0.717) is 25.9 Å². The van der Waals surface area contributed by atoms with Crippen molar-refractivity contribution < 1.29 is 13.5 Å². The quantitative estimate of drug-likeness (QED) is 0.717. The molecule has 5 nitrogen and oxygen atoms in total. The number of sulfonamides is 1. The normalized spacial score (nSPS) is 11.9. The lowest BCUT2D eigenvalue weighted by Gasteiger charge is -2.19. The lowest BCUT2D eigenvalue weighted by atomic mass is 10.3. The Morgan fingerprint density at radius 3 is 2.67 bits per heavy atom. The fourth-order valence-electron chi connectivity index (χ4n) is 1.60. The third-order valence-corrected chi connectivity index (χ3v) is 4.60. The Hall–Kier alpha value is -0.980. The number of hydrogen-bond acceptors (Lipinski definition) is 4. The minimum Gasteiger partial charge on any atom is -0.396 e. The Kier molecular flexibility index (Phi) is 6.24. The largest absolute Gasteiger partial charge is 0.396 e. The van der Waals surface area contributed by atoms with Gasteiger partial charge in [0.15, 0.2) is 0 Å². The van der Waals surface area contributed by atoms with Crippen LogP contribution in [0, 0.1) is 0 Å². The molecule has 0 aliphatic rings. The number of aliphatic hydroxyl groups is 1. The van der Waals surface area contributed by atoms with E-state index in [2.05, 4.69) is 4.98 Å². The number of pyridine rings is 1. The minimum atomic E-state index is -3.26. The molecule has 0 fully saturated rings. The van der Waals surface area contributed by atoms with Crippen molar-refractivity contribution in [2.24, 2.45) is 0 Å². The molecule has 1 aromatic heterocycles. The maximum Gasteiger partial charge on any atom is 0.214 e. The Morgan fingerprint density at radius 1 is 1.33 bits per heavy atom. The average molecular weight is 272 g/mol. The topological polar surface area (TPSA) is 70.5 Å². The molecule has 0 aliphatic carbocycles. The predicted octanol–water partition coefficient (Wildman–Crippen LogP) is 1.01. The number of hydrogen-bond donors (Lipinski definition) is 1. The molecule has 0 saturated heterocycles. The van der Waals surface area contributed by atoms with E-state index in [4.69, 9.17) is 5.11 Å². The molecule has 0 amide bonds. The van der Waals surface area contributed by atoms with E-state index in [1.807, 2.05) is 19.1 Å². The van der Waals surface area contributed by atoms with E-state index in [1.165, 1.54) is 4.31 Å². The van der Waals surface area contributed by atoms with E-state index in [0.717, 1.165) is 5.69 Å². The monoisotopic (exact) mass is 272 g/mol. The Morgan fingerprint density at radius 2 is 2.11 bits per heavy atom. The van der Waals surface area contributed by atoms with Crippen LogP contribution < -0.4 is 0 Å².